The van der Waals surface area contributed by atoms with E-state index in [0.717, 1.165) is 12.1 Å². The summed E-state index contributed by atoms with van der Waals surface area (Å²) < 4.78 is 64.1. The van der Waals surface area contributed by atoms with Crippen molar-refractivity contribution in [2.75, 3.05) is 5.43 Å². The number of rotatable bonds is 4. The normalized spacial score (nSPS) is 11.7. The van der Waals surface area contributed by atoms with Crippen molar-refractivity contribution in [1.82, 2.24) is 10.1 Å². The highest BCUT2D eigenvalue weighted by Crippen LogP contribution is 2.34. The molecular formula is C14H11ClF3N3O3S. The number of hydrogen-bond donors (Lipinski definition) is 3. The third-order valence-corrected chi connectivity index (χ3v) is 4.49. The summed E-state index contributed by atoms with van der Waals surface area (Å²) in [6.07, 6.45) is -4.64. The van der Waals surface area contributed by atoms with Gasteiger partial charge in [0.2, 0.25) is 0 Å². The van der Waals surface area contributed by atoms with Crippen LogP contribution in [0.4, 0.5) is 23.7 Å². The van der Waals surface area contributed by atoms with Crippen molar-refractivity contribution in [1.29, 1.82) is 0 Å². The first-order valence-electron chi connectivity index (χ1n) is 6.60. The van der Waals surface area contributed by atoms with Gasteiger partial charge in [0.05, 0.1) is 16.1 Å². The summed E-state index contributed by atoms with van der Waals surface area (Å²) in [7, 11) is -4.20. The molecule has 11 heteroatoms. The lowest BCUT2D eigenvalue weighted by Crippen LogP contribution is -2.42. The van der Waals surface area contributed by atoms with Crippen molar-refractivity contribution in [2.24, 2.45) is 0 Å². The molecule has 0 heterocycles. The topological polar surface area (TPSA) is 87.3 Å². The molecule has 0 aliphatic rings. The predicted octanol–water partition coefficient (Wildman–Crippen LogP) is 3.37. The highest BCUT2D eigenvalue weighted by molar-refractivity contribution is 7.90. The van der Waals surface area contributed by atoms with Gasteiger partial charge in [-0.2, -0.15) is 13.2 Å². The fraction of sp³-hybridized carbons (Fsp3) is 0.0714. The average Bonchev–Trinajstić information content (AvgIpc) is 2.52. The zero-order valence-electron chi connectivity index (χ0n) is 12.3. The average molecular weight is 394 g/mol. The van der Waals surface area contributed by atoms with Crippen molar-refractivity contribution >= 4 is 33.3 Å². The maximum absolute atomic E-state index is 12.8. The van der Waals surface area contributed by atoms with Gasteiger partial charge in [0.25, 0.3) is 10.0 Å². The molecule has 0 saturated carbocycles. The largest absolute Gasteiger partial charge is 0.418 e. The lowest BCUT2D eigenvalue weighted by atomic mass is 10.2. The van der Waals surface area contributed by atoms with Crippen LogP contribution in [-0.4, -0.2) is 14.4 Å². The lowest BCUT2D eigenvalue weighted by molar-refractivity contribution is -0.137. The summed E-state index contributed by atoms with van der Waals surface area (Å²) in [5, 5.41) is 0.300. The van der Waals surface area contributed by atoms with Gasteiger partial charge in [-0.1, -0.05) is 23.7 Å². The number of sulfonamides is 1. The van der Waals surface area contributed by atoms with Crippen LogP contribution >= 0.6 is 11.6 Å². The van der Waals surface area contributed by atoms with E-state index in [2.05, 4.69) is 0 Å². The maximum Gasteiger partial charge on any atom is 0.418 e. The van der Waals surface area contributed by atoms with Gasteiger partial charge in [0.1, 0.15) is 0 Å². The number of amides is 2. The number of alkyl halides is 3. The van der Waals surface area contributed by atoms with Gasteiger partial charge in [0.15, 0.2) is 0 Å². The zero-order valence-corrected chi connectivity index (χ0v) is 13.8. The third-order valence-electron chi connectivity index (χ3n) is 2.89. The van der Waals surface area contributed by atoms with Gasteiger partial charge < -0.3 is 0 Å². The number of urea groups is 1. The lowest BCUT2D eigenvalue weighted by Gasteiger charge is -2.15. The van der Waals surface area contributed by atoms with E-state index in [9.17, 15) is 26.4 Å². The van der Waals surface area contributed by atoms with Gasteiger partial charge in [-0.15, -0.1) is 0 Å². The van der Waals surface area contributed by atoms with E-state index in [-0.39, 0.29) is 4.90 Å². The molecule has 2 aromatic carbocycles. The molecule has 0 spiro atoms. The van der Waals surface area contributed by atoms with Gasteiger partial charge in [-0.05, 0) is 36.4 Å². The molecule has 134 valence electrons. The van der Waals surface area contributed by atoms with E-state index < -0.39 is 33.5 Å². The van der Waals surface area contributed by atoms with Crippen molar-refractivity contribution in [3.63, 3.8) is 0 Å². The summed E-state index contributed by atoms with van der Waals surface area (Å²) in [6, 6.07) is 8.10. The Morgan fingerprint density at radius 2 is 1.60 bits per heavy atom. The van der Waals surface area contributed by atoms with Crippen LogP contribution in [0.15, 0.2) is 53.4 Å². The van der Waals surface area contributed by atoms with Crippen LogP contribution in [0.1, 0.15) is 5.56 Å². The molecule has 0 atom stereocenters. The molecule has 0 fully saturated rings. The smallest absolute Gasteiger partial charge is 0.297 e. The van der Waals surface area contributed by atoms with Crippen LogP contribution in [0.3, 0.4) is 0 Å². The molecule has 0 aliphatic carbocycles. The van der Waals surface area contributed by atoms with Crippen LogP contribution in [-0.2, 0) is 16.2 Å². The fourth-order valence-corrected chi connectivity index (χ4v) is 2.82. The first-order chi connectivity index (χ1) is 11.6. The summed E-state index contributed by atoms with van der Waals surface area (Å²) in [4.78, 5) is 11.4. The van der Waals surface area contributed by atoms with E-state index in [4.69, 9.17) is 11.6 Å². The SMILES string of the molecule is O=C(NNc1ccccc1C(F)(F)F)NS(=O)(=O)c1ccc(Cl)cc1. The maximum atomic E-state index is 12.8. The Balaban J connectivity index is 2.05. The van der Waals surface area contributed by atoms with Crippen LogP contribution in [0.2, 0.25) is 5.02 Å². The summed E-state index contributed by atoms with van der Waals surface area (Å²) >= 11 is 5.64. The number of halogens is 4. The van der Waals surface area contributed by atoms with E-state index in [0.29, 0.717) is 5.02 Å². The minimum atomic E-state index is -4.64. The van der Waals surface area contributed by atoms with Crippen molar-refractivity contribution in [2.45, 2.75) is 11.1 Å². The number of benzene rings is 2. The van der Waals surface area contributed by atoms with Crippen molar-refractivity contribution < 1.29 is 26.4 Å². The first-order valence-corrected chi connectivity index (χ1v) is 8.46. The molecule has 0 saturated heterocycles. The number of nitrogens with one attached hydrogen (secondary N) is 3. The zero-order chi connectivity index (χ0) is 18.7. The molecule has 0 aromatic heterocycles. The van der Waals surface area contributed by atoms with Crippen LogP contribution in [0.5, 0.6) is 0 Å². The minimum Gasteiger partial charge on any atom is -0.297 e. The second kappa shape index (κ2) is 7.19. The Labute approximate surface area is 146 Å². The van der Waals surface area contributed by atoms with Gasteiger partial charge in [-0.25, -0.2) is 17.9 Å². The minimum absolute atomic E-state index is 0.234. The number of anilines is 1. The third kappa shape index (κ3) is 5.00. The fourth-order valence-electron chi connectivity index (χ4n) is 1.78. The Morgan fingerprint density at radius 1 is 1.00 bits per heavy atom. The number of carbonyl (C=O) groups is 1. The van der Waals surface area contributed by atoms with E-state index in [1.54, 1.807) is 4.72 Å². The first kappa shape index (κ1) is 18.9. The molecule has 0 radical (unpaired) electrons. The molecule has 0 bridgehead atoms. The Bertz CT molecular complexity index is 871. The van der Waals surface area contributed by atoms with Gasteiger partial charge in [-0.3, -0.25) is 10.9 Å². The number of hydrazine groups is 1. The second-order valence-corrected chi connectivity index (χ2v) is 6.80. The molecule has 2 aromatic rings. The molecule has 6 nitrogen and oxygen atoms in total. The van der Waals surface area contributed by atoms with Gasteiger partial charge >= 0.3 is 12.2 Å². The van der Waals surface area contributed by atoms with Crippen LogP contribution in [0, 0.1) is 0 Å². The van der Waals surface area contributed by atoms with Gasteiger partial charge in [0, 0.05) is 5.02 Å². The predicted molar refractivity (Wildman–Crippen MR) is 85.4 cm³/mol. The summed E-state index contributed by atoms with van der Waals surface area (Å²) in [5.74, 6) is 0. The second-order valence-electron chi connectivity index (χ2n) is 4.68. The number of hydrogen-bond acceptors (Lipinski definition) is 4. The summed E-state index contributed by atoms with van der Waals surface area (Å²) in [5.41, 5.74) is 2.42. The molecule has 2 rings (SSSR count). The molecule has 0 aliphatic heterocycles. The Morgan fingerprint density at radius 3 is 2.20 bits per heavy atom. The Kier molecular flexibility index (Phi) is 5.43. The molecule has 3 N–H and O–H groups in total. The number of para-hydroxylation sites is 1. The van der Waals surface area contributed by atoms with E-state index in [1.807, 2.05) is 10.9 Å². The van der Waals surface area contributed by atoms with Crippen molar-refractivity contribution in [3.05, 3.63) is 59.1 Å². The van der Waals surface area contributed by atoms with E-state index >= 15 is 0 Å². The molecule has 25 heavy (non-hydrogen) atoms. The standard InChI is InChI=1S/C14H11ClF3N3O3S/c15-9-5-7-10(8-6-9)25(23,24)21-13(22)20-19-12-4-2-1-3-11(12)14(16,17)18/h1-8,19H,(H2,20,21,22). The number of carbonyl (C=O) groups excluding carboxylic acids is 1. The monoisotopic (exact) mass is 393 g/mol. The molecular weight excluding hydrogens is 383 g/mol. The van der Waals surface area contributed by atoms with E-state index in [1.165, 1.54) is 36.4 Å². The highest BCUT2D eigenvalue weighted by atomic mass is 35.5. The van der Waals surface area contributed by atoms with Crippen LogP contribution < -0.4 is 15.6 Å². The van der Waals surface area contributed by atoms with Crippen LogP contribution in [0.25, 0.3) is 0 Å². The molecule has 0 unspecified atom stereocenters. The quantitative estimate of drug-likeness (QED) is 0.695. The van der Waals surface area contributed by atoms with Crippen molar-refractivity contribution in [3.8, 4) is 0 Å². The Hall–Kier alpha value is -2.46. The summed E-state index contributed by atoms with van der Waals surface area (Å²) in [6.45, 7) is 0. The highest BCUT2D eigenvalue weighted by Gasteiger charge is 2.33. The molecule has 2 amide bonds.